The Labute approximate surface area is 98.0 Å². The van der Waals surface area contributed by atoms with Crippen LogP contribution in [0, 0.1) is 0 Å². The van der Waals surface area contributed by atoms with Crippen LogP contribution in [0.3, 0.4) is 0 Å². The molecule has 0 rings (SSSR count). The molecule has 0 aliphatic heterocycles. The van der Waals surface area contributed by atoms with Crippen molar-refractivity contribution in [2.24, 2.45) is 0 Å². The lowest BCUT2D eigenvalue weighted by Gasteiger charge is -2.27. The van der Waals surface area contributed by atoms with Gasteiger partial charge in [-0.3, -0.25) is 4.52 Å². The van der Waals surface area contributed by atoms with E-state index in [1.165, 1.54) is 0 Å². The Hall–Kier alpha value is 0.440. The second-order valence-electron chi connectivity index (χ2n) is 5.52. The summed E-state index contributed by atoms with van der Waals surface area (Å²) in [6.45, 7) is 11.3. The van der Waals surface area contributed by atoms with Crippen LogP contribution in [0.25, 0.3) is 0 Å². The van der Waals surface area contributed by atoms with Crippen molar-refractivity contribution in [3.05, 3.63) is 0 Å². The van der Waals surface area contributed by atoms with Crippen LogP contribution < -0.4 is 0 Å². The lowest BCUT2D eigenvalue weighted by atomic mass is 10.2. The van der Waals surface area contributed by atoms with Gasteiger partial charge in [0.2, 0.25) is 0 Å². The molecular formula is C10H23ClO3P+. The molecule has 0 heterocycles. The Kier molecular flexibility index (Phi) is 5.33. The summed E-state index contributed by atoms with van der Waals surface area (Å²) < 4.78 is 22.2. The summed E-state index contributed by atoms with van der Waals surface area (Å²) in [5, 5.41) is 0. The van der Waals surface area contributed by atoms with E-state index in [1.54, 1.807) is 0 Å². The van der Waals surface area contributed by atoms with Crippen molar-refractivity contribution < 1.29 is 13.6 Å². The lowest BCUT2D eigenvalue weighted by Crippen LogP contribution is -2.28. The van der Waals surface area contributed by atoms with Gasteiger partial charge >= 0.3 is 7.60 Å². The van der Waals surface area contributed by atoms with Crippen molar-refractivity contribution in [2.75, 3.05) is 12.0 Å². The first-order chi connectivity index (χ1) is 6.47. The molecule has 1 unspecified atom stereocenters. The van der Waals surface area contributed by atoms with Crippen LogP contribution in [0.5, 0.6) is 0 Å². The highest BCUT2D eigenvalue weighted by Crippen LogP contribution is 2.51. The molecular weight excluding hydrogens is 235 g/mol. The fraction of sp³-hybridized carbons (Fsp3) is 1.00. The molecule has 92 valence electrons. The van der Waals surface area contributed by atoms with E-state index in [1.807, 2.05) is 41.5 Å². The van der Waals surface area contributed by atoms with Crippen LogP contribution in [-0.4, -0.2) is 27.8 Å². The van der Waals surface area contributed by atoms with E-state index < -0.39 is 13.2 Å². The standard InChI is InChI=1S/C10H22ClO3P/c1-9(2,3)13-15(12,8-7-11)14-10(4,5)6/h7-8H2,1-6H3/p+1. The molecule has 1 atom stereocenters. The van der Waals surface area contributed by atoms with Gasteiger partial charge in [-0.1, -0.05) is 0 Å². The summed E-state index contributed by atoms with van der Waals surface area (Å²) in [6, 6.07) is 0. The molecule has 3 nitrogen and oxygen atoms in total. The molecule has 0 bridgehead atoms. The molecule has 15 heavy (non-hydrogen) atoms. The van der Waals surface area contributed by atoms with Crippen molar-refractivity contribution in [3.8, 4) is 0 Å². The first-order valence-electron chi connectivity index (χ1n) is 5.08. The highest BCUT2D eigenvalue weighted by molar-refractivity contribution is 7.53. The minimum Gasteiger partial charge on any atom is -0.375 e. The van der Waals surface area contributed by atoms with Gasteiger partial charge in [-0.05, 0) is 20.8 Å². The van der Waals surface area contributed by atoms with Crippen LogP contribution in [0.4, 0.5) is 0 Å². The van der Waals surface area contributed by atoms with Crippen LogP contribution in [0.1, 0.15) is 41.5 Å². The summed E-state index contributed by atoms with van der Waals surface area (Å²) in [7, 11) is -2.97. The predicted molar refractivity (Wildman–Crippen MR) is 66.0 cm³/mol. The van der Waals surface area contributed by atoms with Gasteiger partial charge in [0.05, 0.1) is 5.60 Å². The summed E-state index contributed by atoms with van der Waals surface area (Å²) in [4.78, 5) is 0. The Morgan fingerprint density at radius 3 is 1.93 bits per heavy atom. The Morgan fingerprint density at radius 1 is 1.20 bits per heavy atom. The second-order valence-corrected chi connectivity index (χ2v) is 8.01. The fourth-order valence-electron chi connectivity index (χ4n) is 1.11. The maximum atomic E-state index is 12.4. The molecule has 0 aromatic carbocycles. The van der Waals surface area contributed by atoms with Gasteiger partial charge in [0, 0.05) is 26.7 Å². The molecule has 5 heteroatoms. The van der Waals surface area contributed by atoms with E-state index in [0.717, 1.165) is 0 Å². The quantitative estimate of drug-likeness (QED) is 0.439. The third-order valence-electron chi connectivity index (χ3n) is 1.24. The largest absolute Gasteiger partial charge is 0.476 e. The fourth-order valence-corrected chi connectivity index (χ4v) is 3.96. The molecule has 0 radical (unpaired) electrons. The number of rotatable bonds is 4. The van der Waals surface area contributed by atoms with Crippen molar-refractivity contribution in [2.45, 2.75) is 52.7 Å². The Bertz CT molecular complexity index is 220. The summed E-state index contributed by atoms with van der Waals surface area (Å²) in [5.74, 6) is 0.299. The average molecular weight is 258 g/mol. The van der Waals surface area contributed by atoms with Gasteiger partial charge in [-0.15, -0.1) is 11.6 Å². The van der Waals surface area contributed by atoms with Crippen molar-refractivity contribution in [3.63, 3.8) is 0 Å². The molecule has 0 saturated heterocycles. The van der Waals surface area contributed by atoms with Crippen LogP contribution in [-0.2, 0) is 9.09 Å². The second kappa shape index (κ2) is 5.18. The van der Waals surface area contributed by atoms with E-state index >= 15 is 0 Å². The van der Waals surface area contributed by atoms with Crippen molar-refractivity contribution in [1.82, 2.24) is 0 Å². The van der Waals surface area contributed by atoms with E-state index in [2.05, 4.69) is 4.52 Å². The lowest BCUT2D eigenvalue weighted by molar-refractivity contribution is -0.0496. The number of aliphatic hydroxyl groups is 1. The molecule has 0 saturated carbocycles. The first-order valence-corrected chi connectivity index (χ1v) is 7.37. The zero-order chi connectivity index (χ0) is 12.3. The summed E-state index contributed by atoms with van der Waals surface area (Å²) in [6.07, 6.45) is 0.295. The van der Waals surface area contributed by atoms with E-state index in [4.69, 9.17) is 16.1 Å². The molecule has 0 aromatic heterocycles. The van der Waals surface area contributed by atoms with Gasteiger partial charge in [0.25, 0.3) is 0 Å². The summed E-state index contributed by atoms with van der Waals surface area (Å²) >= 11 is 5.63. The molecule has 0 aromatic rings. The zero-order valence-electron chi connectivity index (χ0n) is 10.5. The minimum absolute atomic E-state index is 0.295. The summed E-state index contributed by atoms with van der Waals surface area (Å²) in [5.41, 5.74) is -0.830. The number of halogens is 1. The number of alkyl halides is 1. The Morgan fingerprint density at radius 2 is 1.67 bits per heavy atom. The van der Waals surface area contributed by atoms with Gasteiger partial charge < -0.3 is 4.52 Å². The molecule has 0 fully saturated rings. The molecule has 0 spiro atoms. The molecule has 0 aliphatic carbocycles. The first kappa shape index (κ1) is 15.4. The van der Waals surface area contributed by atoms with Crippen molar-refractivity contribution >= 4 is 19.2 Å². The average Bonchev–Trinajstić information content (AvgIpc) is 1.74. The van der Waals surface area contributed by atoms with Gasteiger partial charge in [0.15, 0.2) is 5.60 Å². The van der Waals surface area contributed by atoms with E-state index in [0.29, 0.717) is 12.0 Å². The zero-order valence-corrected chi connectivity index (χ0v) is 12.2. The molecule has 0 amide bonds. The van der Waals surface area contributed by atoms with Gasteiger partial charge in [-0.2, -0.15) is 0 Å². The van der Waals surface area contributed by atoms with Crippen LogP contribution in [0.2, 0.25) is 0 Å². The highest BCUT2D eigenvalue weighted by atomic mass is 35.5. The maximum absolute atomic E-state index is 12.4. The van der Waals surface area contributed by atoms with E-state index in [9.17, 15) is 4.57 Å². The SMILES string of the molecule is CC(C)(C)OP(=O)(CCCl)[OH+]C(C)(C)C. The smallest absolute Gasteiger partial charge is 0.375 e. The number of hydrogen-bond donors (Lipinski definition) is 0. The third-order valence-corrected chi connectivity index (χ3v) is 4.21. The predicted octanol–water partition coefficient (Wildman–Crippen LogP) is 3.56. The third kappa shape index (κ3) is 8.27. The van der Waals surface area contributed by atoms with Crippen molar-refractivity contribution in [1.29, 1.82) is 0 Å². The highest BCUT2D eigenvalue weighted by Gasteiger charge is 2.40. The van der Waals surface area contributed by atoms with Gasteiger partial charge in [-0.25, -0.2) is 4.57 Å². The monoisotopic (exact) mass is 257 g/mol. The normalized spacial score (nSPS) is 17.5. The molecule has 0 aliphatic rings. The minimum atomic E-state index is -2.97. The number of hydrogen-bond acceptors (Lipinski definition) is 2. The topological polar surface area (TPSA) is 39.1 Å². The maximum Gasteiger partial charge on any atom is 0.476 e. The Balaban J connectivity index is 4.68. The van der Waals surface area contributed by atoms with Gasteiger partial charge in [0.1, 0.15) is 6.16 Å². The molecule has 1 N–H and O–H groups in total. The van der Waals surface area contributed by atoms with Crippen LogP contribution >= 0.6 is 19.2 Å². The van der Waals surface area contributed by atoms with Crippen LogP contribution in [0.15, 0.2) is 0 Å². The van der Waals surface area contributed by atoms with E-state index in [-0.39, 0.29) is 5.60 Å².